The first kappa shape index (κ1) is 19.4. The maximum atomic E-state index is 13.5. The van der Waals surface area contributed by atoms with Crippen molar-refractivity contribution in [1.82, 2.24) is 5.32 Å². The summed E-state index contributed by atoms with van der Waals surface area (Å²) < 4.78 is 18.9. The molecule has 6 nitrogen and oxygen atoms in total. The lowest BCUT2D eigenvalue weighted by atomic mass is 10.2. The van der Waals surface area contributed by atoms with Gasteiger partial charge >= 0.3 is 6.03 Å². The van der Waals surface area contributed by atoms with Crippen LogP contribution in [0.4, 0.5) is 14.9 Å². The lowest BCUT2D eigenvalue weighted by molar-refractivity contribution is -0.885. The van der Waals surface area contributed by atoms with Crippen molar-refractivity contribution in [2.75, 3.05) is 25.5 Å². The summed E-state index contributed by atoms with van der Waals surface area (Å²) in [5.74, 6) is -0.202. The SMILES string of the molecule is CCOc1ccc(C[NH+](C)CC(=O)NC(=O)Nc2ccccc2F)cc1. The number of hydrogen-bond donors (Lipinski definition) is 3. The van der Waals surface area contributed by atoms with Crippen molar-refractivity contribution >= 4 is 17.6 Å². The summed E-state index contributed by atoms with van der Waals surface area (Å²) in [5, 5.41) is 4.51. The minimum absolute atomic E-state index is 0.0212. The molecule has 26 heavy (non-hydrogen) atoms. The first-order valence-electron chi connectivity index (χ1n) is 8.36. The molecule has 0 fully saturated rings. The van der Waals surface area contributed by atoms with Gasteiger partial charge in [-0.05, 0) is 43.3 Å². The van der Waals surface area contributed by atoms with Crippen LogP contribution >= 0.6 is 0 Å². The minimum atomic E-state index is -0.756. The summed E-state index contributed by atoms with van der Waals surface area (Å²) in [6.07, 6.45) is 0. The summed E-state index contributed by atoms with van der Waals surface area (Å²) in [7, 11) is 1.85. The van der Waals surface area contributed by atoms with Gasteiger partial charge in [0.25, 0.3) is 5.91 Å². The second-order valence-corrected chi connectivity index (χ2v) is 5.87. The first-order chi connectivity index (χ1) is 12.5. The zero-order chi connectivity index (χ0) is 18.9. The second-order valence-electron chi connectivity index (χ2n) is 5.87. The molecule has 7 heteroatoms. The number of quaternary nitrogens is 1. The predicted molar refractivity (Wildman–Crippen MR) is 96.6 cm³/mol. The average molecular weight is 360 g/mol. The zero-order valence-corrected chi connectivity index (χ0v) is 14.8. The molecule has 0 saturated carbocycles. The van der Waals surface area contributed by atoms with Crippen LogP contribution in [0.25, 0.3) is 0 Å². The number of benzene rings is 2. The molecule has 2 rings (SSSR count). The molecule has 0 aliphatic carbocycles. The van der Waals surface area contributed by atoms with Gasteiger partial charge in [0, 0.05) is 5.56 Å². The van der Waals surface area contributed by atoms with Crippen molar-refractivity contribution in [3.63, 3.8) is 0 Å². The van der Waals surface area contributed by atoms with Crippen LogP contribution in [0.2, 0.25) is 0 Å². The van der Waals surface area contributed by atoms with Crippen molar-refractivity contribution in [3.8, 4) is 5.75 Å². The summed E-state index contributed by atoms with van der Waals surface area (Å²) >= 11 is 0. The number of anilines is 1. The fraction of sp³-hybridized carbons (Fsp3) is 0.263. The van der Waals surface area contributed by atoms with E-state index < -0.39 is 17.8 Å². The highest BCUT2D eigenvalue weighted by atomic mass is 19.1. The first-order valence-corrected chi connectivity index (χ1v) is 8.36. The normalized spacial score (nSPS) is 11.5. The maximum absolute atomic E-state index is 13.5. The number of imide groups is 1. The fourth-order valence-electron chi connectivity index (χ4n) is 2.44. The van der Waals surface area contributed by atoms with Crippen LogP contribution in [-0.4, -0.2) is 32.1 Å². The molecule has 138 valence electrons. The van der Waals surface area contributed by atoms with Gasteiger partial charge in [0.2, 0.25) is 0 Å². The fourth-order valence-corrected chi connectivity index (χ4v) is 2.44. The Morgan fingerprint density at radius 2 is 1.81 bits per heavy atom. The van der Waals surface area contributed by atoms with Crippen molar-refractivity contribution < 1.29 is 23.6 Å². The summed E-state index contributed by atoms with van der Waals surface area (Å²) in [4.78, 5) is 24.7. The van der Waals surface area contributed by atoms with Crippen LogP contribution in [0.5, 0.6) is 5.75 Å². The lowest BCUT2D eigenvalue weighted by Crippen LogP contribution is -3.09. The standard InChI is InChI=1S/C19H22FN3O3/c1-3-26-15-10-8-14(9-11-15)12-23(2)13-18(24)22-19(25)21-17-7-5-4-6-16(17)20/h4-11H,3,12-13H2,1-2H3,(H2,21,22,24,25)/p+1. The molecule has 3 N–H and O–H groups in total. The lowest BCUT2D eigenvalue weighted by Gasteiger charge is -2.14. The van der Waals surface area contributed by atoms with E-state index in [1.54, 1.807) is 6.07 Å². The second kappa shape index (κ2) is 9.53. The quantitative estimate of drug-likeness (QED) is 0.702. The van der Waals surface area contributed by atoms with Gasteiger partial charge < -0.3 is 15.0 Å². The Hall–Kier alpha value is -2.93. The Kier molecular flexibility index (Phi) is 7.11. The van der Waals surface area contributed by atoms with E-state index in [4.69, 9.17) is 4.74 Å². The highest BCUT2D eigenvalue weighted by molar-refractivity contribution is 6.01. The summed E-state index contributed by atoms with van der Waals surface area (Å²) in [6, 6.07) is 12.7. The van der Waals surface area contributed by atoms with Crippen LogP contribution < -0.4 is 20.3 Å². The van der Waals surface area contributed by atoms with Gasteiger partial charge in [0.1, 0.15) is 18.1 Å². The number of halogens is 1. The maximum Gasteiger partial charge on any atom is 0.326 e. The Bertz CT molecular complexity index is 750. The Balaban J connectivity index is 1.79. The van der Waals surface area contributed by atoms with E-state index in [0.717, 1.165) is 16.2 Å². The smallest absolute Gasteiger partial charge is 0.326 e. The number of ether oxygens (including phenoxy) is 1. The van der Waals surface area contributed by atoms with E-state index in [9.17, 15) is 14.0 Å². The van der Waals surface area contributed by atoms with E-state index in [1.165, 1.54) is 18.2 Å². The number of rotatable bonds is 7. The van der Waals surface area contributed by atoms with E-state index in [-0.39, 0.29) is 12.2 Å². The molecule has 0 heterocycles. The highest BCUT2D eigenvalue weighted by Gasteiger charge is 2.14. The average Bonchev–Trinajstić information content (AvgIpc) is 2.58. The minimum Gasteiger partial charge on any atom is -0.494 e. The third kappa shape index (κ3) is 6.18. The zero-order valence-electron chi connectivity index (χ0n) is 14.8. The molecule has 3 amide bonds. The van der Waals surface area contributed by atoms with Crippen LogP contribution in [0.1, 0.15) is 12.5 Å². The third-order valence-corrected chi connectivity index (χ3v) is 3.58. The van der Waals surface area contributed by atoms with Crippen molar-refractivity contribution in [2.45, 2.75) is 13.5 Å². The molecule has 1 atom stereocenters. The number of nitrogens with one attached hydrogen (secondary N) is 3. The van der Waals surface area contributed by atoms with E-state index in [2.05, 4.69) is 10.6 Å². The van der Waals surface area contributed by atoms with Gasteiger partial charge in [0.05, 0.1) is 19.3 Å². The summed E-state index contributed by atoms with van der Waals surface area (Å²) in [6.45, 7) is 3.26. The van der Waals surface area contributed by atoms with Gasteiger partial charge in [-0.3, -0.25) is 10.1 Å². The Labute approximate surface area is 152 Å². The van der Waals surface area contributed by atoms with Gasteiger partial charge in [-0.1, -0.05) is 12.1 Å². The predicted octanol–water partition coefficient (Wildman–Crippen LogP) is 1.59. The highest BCUT2D eigenvalue weighted by Crippen LogP contribution is 2.12. The van der Waals surface area contributed by atoms with Crippen LogP contribution in [0.15, 0.2) is 48.5 Å². The van der Waals surface area contributed by atoms with Crippen molar-refractivity contribution in [1.29, 1.82) is 0 Å². The Morgan fingerprint density at radius 1 is 1.12 bits per heavy atom. The van der Waals surface area contributed by atoms with Crippen molar-refractivity contribution in [2.24, 2.45) is 0 Å². The molecule has 0 radical (unpaired) electrons. The molecule has 0 bridgehead atoms. The molecule has 0 saturated heterocycles. The molecular formula is C19H23FN3O3+. The number of carbonyl (C=O) groups is 2. The van der Waals surface area contributed by atoms with Gasteiger partial charge in [-0.2, -0.15) is 0 Å². The molecule has 2 aromatic rings. The van der Waals surface area contributed by atoms with E-state index in [0.29, 0.717) is 13.2 Å². The van der Waals surface area contributed by atoms with Gasteiger partial charge in [0.15, 0.2) is 6.54 Å². The number of urea groups is 1. The number of hydrogen-bond acceptors (Lipinski definition) is 3. The molecule has 0 aromatic heterocycles. The molecular weight excluding hydrogens is 337 g/mol. The summed E-state index contributed by atoms with van der Waals surface area (Å²) in [5.41, 5.74) is 1.07. The molecule has 0 spiro atoms. The third-order valence-electron chi connectivity index (χ3n) is 3.58. The monoisotopic (exact) mass is 360 g/mol. The molecule has 2 aromatic carbocycles. The molecule has 1 unspecified atom stereocenters. The molecule has 0 aliphatic rings. The van der Waals surface area contributed by atoms with Gasteiger partial charge in [-0.15, -0.1) is 0 Å². The number of carbonyl (C=O) groups excluding carboxylic acids is 2. The van der Waals surface area contributed by atoms with Crippen LogP contribution in [-0.2, 0) is 11.3 Å². The number of amides is 3. The van der Waals surface area contributed by atoms with E-state index in [1.807, 2.05) is 38.2 Å². The van der Waals surface area contributed by atoms with Gasteiger partial charge in [-0.25, -0.2) is 9.18 Å². The largest absolute Gasteiger partial charge is 0.494 e. The number of likely N-dealkylation sites (N-methyl/N-ethyl adjacent to an activating group) is 1. The van der Waals surface area contributed by atoms with Crippen LogP contribution in [0, 0.1) is 5.82 Å². The van der Waals surface area contributed by atoms with Crippen LogP contribution in [0.3, 0.4) is 0 Å². The van der Waals surface area contributed by atoms with E-state index >= 15 is 0 Å². The van der Waals surface area contributed by atoms with Crippen molar-refractivity contribution in [3.05, 3.63) is 59.9 Å². The Morgan fingerprint density at radius 3 is 2.46 bits per heavy atom. The molecule has 0 aliphatic heterocycles. The topological polar surface area (TPSA) is 71.9 Å². The number of para-hydroxylation sites is 1.